The monoisotopic (exact) mass is 317 g/mol. The second kappa shape index (κ2) is 6.64. The molecule has 0 saturated carbocycles. The molecular formula is C14H21BrFNO. The van der Waals surface area contributed by atoms with Crippen molar-refractivity contribution in [3.63, 3.8) is 0 Å². The Morgan fingerprint density at radius 1 is 1.44 bits per heavy atom. The van der Waals surface area contributed by atoms with Gasteiger partial charge >= 0.3 is 0 Å². The molecule has 0 radical (unpaired) electrons. The van der Waals surface area contributed by atoms with Crippen molar-refractivity contribution in [1.29, 1.82) is 0 Å². The van der Waals surface area contributed by atoms with Crippen LogP contribution in [-0.2, 0) is 6.42 Å². The van der Waals surface area contributed by atoms with Gasteiger partial charge in [-0.3, -0.25) is 0 Å². The molecule has 3 N–H and O–H groups in total. The minimum atomic E-state index is -0.371. The van der Waals surface area contributed by atoms with E-state index in [9.17, 15) is 9.50 Å². The van der Waals surface area contributed by atoms with E-state index in [0.717, 1.165) is 12.0 Å². The van der Waals surface area contributed by atoms with Crippen molar-refractivity contribution in [3.8, 4) is 0 Å². The minimum Gasteiger partial charge on any atom is -0.396 e. The summed E-state index contributed by atoms with van der Waals surface area (Å²) in [7, 11) is 0. The Labute approximate surface area is 117 Å². The molecule has 0 bridgehead atoms. The molecule has 1 aromatic carbocycles. The summed E-state index contributed by atoms with van der Waals surface area (Å²) in [5, 5.41) is 9.66. The van der Waals surface area contributed by atoms with Gasteiger partial charge in [-0.2, -0.15) is 0 Å². The molecule has 4 heteroatoms. The second-order valence-electron chi connectivity index (χ2n) is 5.35. The first-order valence-corrected chi connectivity index (χ1v) is 6.97. The van der Waals surface area contributed by atoms with Crippen molar-refractivity contribution in [2.24, 2.45) is 17.1 Å². The summed E-state index contributed by atoms with van der Waals surface area (Å²) in [5.41, 5.74) is 6.32. The van der Waals surface area contributed by atoms with Crippen molar-refractivity contribution in [3.05, 3.63) is 34.1 Å². The highest BCUT2D eigenvalue weighted by Gasteiger charge is 2.30. The molecule has 0 aromatic heterocycles. The largest absolute Gasteiger partial charge is 0.396 e. The number of rotatable bonds is 6. The number of hydrogen-bond donors (Lipinski definition) is 2. The van der Waals surface area contributed by atoms with E-state index in [1.165, 1.54) is 6.07 Å². The van der Waals surface area contributed by atoms with Crippen LogP contribution in [0.4, 0.5) is 4.39 Å². The fourth-order valence-electron chi connectivity index (χ4n) is 2.37. The summed E-state index contributed by atoms with van der Waals surface area (Å²) >= 11 is 3.26. The average molecular weight is 318 g/mol. The van der Waals surface area contributed by atoms with Crippen molar-refractivity contribution in [1.82, 2.24) is 0 Å². The zero-order valence-electron chi connectivity index (χ0n) is 10.9. The summed E-state index contributed by atoms with van der Waals surface area (Å²) in [4.78, 5) is 0. The lowest BCUT2D eigenvalue weighted by Crippen LogP contribution is -2.38. The highest BCUT2D eigenvalue weighted by atomic mass is 79.9. The van der Waals surface area contributed by atoms with E-state index in [0.29, 0.717) is 23.4 Å². The van der Waals surface area contributed by atoms with E-state index in [1.807, 2.05) is 6.07 Å². The maximum absolute atomic E-state index is 13.5. The van der Waals surface area contributed by atoms with E-state index in [2.05, 4.69) is 29.8 Å². The number of aliphatic hydroxyl groups excluding tert-OH is 1. The van der Waals surface area contributed by atoms with Gasteiger partial charge in [0, 0.05) is 12.0 Å². The third-order valence-corrected chi connectivity index (χ3v) is 4.09. The van der Waals surface area contributed by atoms with Crippen molar-refractivity contribution in [2.45, 2.75) is 26.7 Å². The van der Waals surface area contributed by atoms with Gasteiger partial charge in [-0.15, -0.1) is 0 Å². The topological polar surface area (TPSA) is 46.2 Å². The van der Waals surface area contributed by atoms with Gasteiger partial charge in [-0.25, -0.2) is 4.39 Å². The fraction of sp³-hybridized carbons (Fsp3) is 0.571. The number of benzene rings is 1. The average Bonchev–Trinajstić information content (AvgIpc) is 2.33. The van der Waals surface area contributed by atoms with E-state index in [1.54, 1.807) is 6.07 Å². The van der Waals surface area contributed by atoms with Gasteiger partial charge in [-0.05, 0) is 46.3 Å². The van der Waals surface area contributed by atoms with Gasteiger partial charge in [0.2, 0.25) is 0 Å². The molecule has 102 valence electrons. The van der Waals surface area contributed by atoms with Gasteiger partial charge < -0.3 is 10.8 Å². The molecule has 1 aromatic rings. The Kier molecular flexibility index (Phi) is 5.76. The summed E-state index contributed by atoms with van der Waals surface area (Å²) in [5.74, 6) is 0.161. The lowest BCUT2D eigenvalue weighted by atomic mass is 9.76. The summed E-state index contributed by atoms with van der Waals surface area (Å²) in [6.07, 6.45) is 1.40. The fourth-order valence-corrected chi connectivity index (χ4v) is 2.77. The molecule has 0 fully saturated rings. The summed E-state index contributed by atoms with van der Waals surface area (Å²) in [6.45, 7) is 4.61. The van der Waals surface area contributed by atoms with Crippen LogP contribution in [0.15, 0.2) is 22.7 Å². The molecule has 0 aliphatic carbocycles. The van der Waals surface area contributed by atoms with Crippen LogP contribution in [0.1, 0.15) is 25.8 Å². The van der Waals surface area contributed by atoms with Crippen LogP contribution < -0.4 is 5.73 Å². The minimum absolute atomic E-state index is 0.0185. The SMILES string of the molecule is CC(C)CC(CN)(CO)Cc1cccc(F)c1Br. The standard InChI is InChI=1S/C14H21BrFNO/c1-10(2)6-14(8-17,9-18)7-11-4-3-5-12(16)13(11)15/h3-5,10,18H,6-9,17H2,1-2H3. The molecule has 0 spiro atoms. The zero-order chi connectivity index (χ0) is 13.8. The highest BCUT2D eigenvalue weighted by molar-refractivity contribution is 9.10. The van der Waals surface area contributed by atoms with Crippen LogP contribution in [-0.4, -0.2) is 18.3 Å². The van der Waals surface area contributed by atoms with Crippen LogP contribution in [0.5, 0.6) is 0 Å². The maximum Gasteiger partial charge on any atom is 0.137 e. The van der Waals surface area contributed by atoms with E-state index in [-0.39, 0.29) is 17.8 Å². The Morgan fingerprint density at radius 3 is 2.61 bits per heavy atom. The molecule has 18 heavy (non-hydrogen) atoms. The van der Waals surface area contributed by atoms with Gasteiger partial charge in [0.05, 0.1) is 11.1 Å². The number of hydrogen-bond acceptors (Lipinski definition) is 2. The van der Waals surface area contributed by atoms with Crippen molar-refractivity contribution in [2.75, 3.05) is 13.2 Å². The zero-order valence-corrected chi connectivity index (χ0v) is 12.5. The first-order valence-electron chi connectivity index (χ1n) is 6.18. The maximum atomic E-state index is 13.5. The molecule has 1 atom stereocenters. The van der Waals surface area contributed by atoms with Gasteiger partial charge in [0.15, 0.2) is 0 Å². The van der Waals surface area contributed by atoms with Crippen LogP contribution in [0, 0.1) is 17.2 Å². The smallest absolute Gasteiger partial charge is 0.137 e. The lowest BCUT2D eigenvalue weighted by molar-refractivity contribution is 0.107. The third kappa shape index (κ3) is 3.77. The third-order valence-electron chi connectivity index (χ3n) is 3.21. The molecule has 0 amide bonds. The molecule has 0 heterocycles. The molecule has 1 rings (SSSR count). The van der Waals surface area contributed by atoms with Crippen LogP contribution in [0.2, 0.25) is 0 Å². The molecular weight excluding hydrogens is 297 g/mol. The lowest BCUT2D eigenvalue weighted by Gasteiger charge is -2.32. The number of halogens is 2. The first kappa shape index (κ1) is 15.6. The van der Waals surface area contributed by atoms with Gasteiger partial charge in [0.1, 0.15) is 5.82 Å². The predicted molar refractivity (Wildman–Crippen MR) is 75.8 cm³/mol. The van der Waals surface area contributed by atoms with E-state index < -0.39 is 0 Å². The Hall–Kier alpha value is -0.450. The summed E-state index contributed by atoms with van der Waals surface area (Å²) in [6, 6.07) is 4.97. The van der Waals surface area contributed by atoms with Crippen LogP contribution >= 0.6 is 15.9 Å². The highest BCUT2D eigenvalue weighted by Crippen LogP contribution is 2.33. The van der Waals surface area contributed by atoms with Crippen LogP contribution in [0.3, 0.4) is 0 Å². The Morgan fingerprint density at radius 2 is 2.11 bits per heavy atom. The van der Waals surface area contributed by atoms with Gasteiger partial charge in [-0.1, -0.05) is 26.0 Å². The summed E-state index contributed by atoms with van der Waals surface area (Å²) < 4.78 is 14.0. The molecule has 0 aliphatic rings. The molecule has 1 unspecified atom stereocenters. The normalized spacial score (nSPS) is 14.8. The molecule has 0 saturated heterocycles. The molecule has 0 aliphatic heterocycles. The van der Waals surface area contributed by atoms with E-state index >= 15 is 0 Å². The predicted octanol–water partition coefficient (Wildman–Crippen LogP) is 3.11. The molecule has 2 nitrogen and oxygen atoms in total. The van der Waals surface area contributed by atoms with Gasteiger partial charge in [0.25, 0.3) is 0 Å². The van der Waals surface area contributed by atoms with E-state index in [4.69, 9.17) is 5.73 Å². The Balaban J connectivity index is 2.99. The van der Waals surface area contributed by atoms with Crippen molar-refractivity contribution < 1.29 is 9.50 Å². The second-order valence-corrected chi connectivity index (χ2v) is 6.14. The number of aliphatic hydroxyl groups is 1. The first-order chi connectivity index (χ1) is 8.44. The quantitative estimate of drug-likeness (QED) is 0.846. The van der Waals surface area contributed by atoms with Crippen LogP contribution in [0.25, 0.3) is 0 Å². The number of nitrogens with two attached hydrogens (primary N) is 1. The van der Waals surface area contributed by atoms with Crippen molar-refractivity contribution >= 4 is 15.9 Å². The Bertz CT molecular complexity index is 391.